The summed E-state index contributed by atoms with van der Waals surface area (Å²) in [6.07, 6.45) is 1.45. The van der Waals surface area contributed by atoms with Gasteiger partial charge in [0.2, 0.25) is 11.8 Å². The Bertz CT molecular complexity index is 254. The van der Waals surface area contributed by atoms with Crippen LogP contribution in [-0.2, 0) is 14.3 Å². The highest BCUT2D eigenvalue weighted by Crippen LogP contribution is 2.11. The van der Waals surface area contributed by atoms with Crippen molar-refractivity contribution >= 4 is 11.8 Å². The number of carbonyl (C=O) groups is 2. The Kier molecular flexibility index (Phi) is 5.93. The van der Waals surface area contributed by atoms with Gasteiger partial charge in [0.1, 0.15) is 0 Å². The van der Waals surface area contributed by atoms with E-state index in [9.17, 15) is 9.59 Å². The van der Waals surface area contributed by atoms with Gasteiger partial charge in [-0.1, -0.05) is 0 Å². The first kappa shape index (κ1) is 13.9. The Hall–Kier alpha value is -1.14. The van der Waals surface area contributed by atoms with Crippen molar-refractivity contribution < 1.29 is 19.4 Å². The molecule has 0 aliphatic carbocycles. The fourth-order valence-corrected chi connectivity index (χ4v) is 1.83. The quantitative estimate of drug-likeness (QED) is 0.561. The van der Waals surface area contributed by atoms with E-state index in [0.717, 1.165) is 0 Å². The highest BCUT2D eigenvalue weighted by molar-refractivity contribution is 5.83. The molecular formula is C11H20N2O4. The number of piperidine rings is 1. The number of aliphatic hydroxyl groups is 1. The van der Waals surface area contributed by atoms with Crippen LogP contribution in [0.1, 0.15) is 19.3 Å². The summed E-state index contributed by atoms with van der Waals surface area (Å²) in [6, 6.07) is -0.171. The van der Waals surface area contributed by atoms with Gasteiger partial charge in [0.05, 0.1) is 18.6 Å². The molecule has 98 valence electrons. The largest absolute Gasteiger partial charge is 0.396 e. The first-order valence-corrected chi connectivity index (χ1v) is 5.84. The van der Waals surface area contributed by atoms with Gasteiger partial charge in [-0.15, -0.1) is 0 Å². The van der Waals surface area contributed by atoms with Crippen LogP contribution >= 0.6 is 0 Å². The van der Waals surface area contributed by atoms with Gasteiger partial charge >= 0.3 is 0 Å². The summed E-state index contributed by atoms with van der Waals surface area (Å²) in [5.41, 5.74) is 0. The van der Waals surface area contributed by atoms with E-state index in [0.29, 0.717) is 32.4 Å². The fourth-order valence-electron chi connectivity index (χ4n) is 1.83. The number of aliphatic hydroxyl groups excluding tert-OH is 1. The predicted molar refractivity (Wildman–Crippen MR) is 61.2 cm³/mol. The molecule has 0 aromatic heterocycles. The van der Waals surface area contributed by atoms with E-state index in [1.54, 1.807) is 7.11 Å². The van der Waals surface area contributed by atoms with E-state index in [4.69, 9.17) is 9.84 Å². The molecule has 6 nitrogen and oxygen atoms in total. The van der Waals surface area contributed by atoms with Crippen molar-refractivity contribution in [2.24, 2.45) is 5.92 Å². The third kappa shape index (κ3) is 4.70. The van der Waals surface area contributed by atoms with Crippen LogP contribution < -0.4 is 10.6 Å². The summed E-state index contributed by atoms with van der Waals surface area (Å²) in [5, 5.41) is 14.4. The normalized spacial score (nSPS) is 21.8. The molecule has 17 heavy (non-hydrogen) atoms. The summed E-state index contributed by atoms with van der Waals surface area (Å²) < 4.78 is 4.97. The molecular weight excluding hydrogens is 224 g/mol. The third-order valence-corrected chi connectivity index (χ3v) is 2.83. The number of amides is 2. The Labute approximate surface area is 101 Å². The second kappa shape index (κ2) is 7.24. The first-order valence-electron chi connectivity index (χ1n) is 5.84. The zero-order valence-corrected chi connectivity index (χ0v) is 10.1. The number of hydrogen-bond acceptors (Lipinski definition) is 4. The van der Waals surface area contributed by atoms with Crippen LogP contribution in [0.15, 0.2) is 0 Å². The summed E-state index contributed by atoms with van der Waals surface area (Å²) in [5.74, 6) is -0.260. The second-order valence-electron chi connectivity index (χ2n) is 4.21. The zero-order chi connectivity index (χ0) is 12.7. The summed E-state index contributed by atoms with van der Waals surface area (Å²) in [7, 11) is 1.55. The smallest absolute Gasteiger partial charge is 0.225 e. The molecule has 0 bridgehead atoms. The molecule has 6 heteroatoms. The van der Waals surface area contributed by atoms with E-state index in [1.807, 2.05) is 0 Å². The minimum Gasteiger partial charge on any atom is -0.396 e. The van der Waals surface area contributed by atoms with Crippen molar-refractivity contribution in [3.05, 3.63) is 0 Å². The van der Waals surface area contributed by atoms with Crippen molar-refractivity contribution in [3.63, 3.8) is 0 Å². The van der Waals surface area contributed by atoms with Crippen LogP contribution in [0.25, 0.3) is 0 Å². The number of nitrogens with one attached hydrogen (secondary N) is 2. The molecule has 1 rings (SSSR count). The van der Waals surface area contributed by atoms with Crippen molar-refractivity contribution in [2.75, 3.05) is 26.9 Å². The minimum absolute atomic E-state index is 0.00199. The minimum atomic E-state index is -0.175. The van der Waals surface area contributed by atoms with Gasteiger partial charge in [-0.2, -0.15) is 0 Å². The van der Waals surface area contributed by atoms with E-state index >= 15 is 0 Å². The maximum absolute atomic E-state index is 11.9. The molecule has 0 radical (unpaired) electrons. The van der Waals surface area contributed by atoms with E-state index in [2.05, 4.69) is 10.6 Å². The number of rotatable bonds is 6. The molecule has 1 fully saturated rings. The van der Waals surface area contributed by atoms with Gasteiger partial charge in [-0.25, -0.2) is 0 Å². The van der Waals surface area contributed by atoms with Gasteiger partial charge < -0.3 is 20.5 Å². The van der Waals surface area contributed by atoms with Crippen LogP contribution in [0.2, 0.25) is 0 Å². The molecule has 0 aromatic carbocycles. The number of ether oxygens (including phenoxy) is 1. The number of carbonyl (C=O) groups excluding carboxylic acids is 2. The first-order chi connectivity index (χ1) is 8.17. The molecule has 3 N–H and O–H groups in total. The average Bonchev–Trinajstić information content (AvgIpc) is 2.30. The molecule has 2 unspecified atom stereocenters. The molecule has 0 saturated carbocycles. The lowest BCUT2D eigenvalue weighted by Crippen LogP contribution is -2.47. The van der Waals surface area contributed by atoms with Gasteiger partial charge in [-0.3, -0.25) is 9.59 Å². The van der Waals surface area contributed by atoms with Crippen molar-refractivity contribution in [3.8, 4) is 0 Å². The Morgan fingerprint density at radius 2 is 2.47 bits per heavy atom. The zero-order valence-electron chi connectivity index (χ0n) is 10.1. The Morgan fingerprint density at radius 3 is 3.00 bits per heavy atom. The van der Waals surface area contributed by atoms with Crippen molar-refractivity contribution in [2.45, 2.75) is 25.3 Å². The maximum atomic E-state index is 11.9. The molecule has 1 aliphatic rings. The molecule has 2 amide bonds. The third-order valence-electron chi connectivity index (χ3n) is 2.83. The topological polar surface area (TPSA) is 87.7 Å². The van der Waals surface area contributed by atoms with E-state index in [1.165, 1.54) is 0 Å². The SMILES string of the molecule is COCC(CCO)NC(=O)C1CCC(=O)NC1. The van der Waals surface area contributed by atoms with Crippen molar-refractivity contribution in [1.29, 1.82) is 0 Å². The molecule has 1 heterocycles. The van der Waals surface area contributed by atoms with Crippen LogP contribution in [0, 0.1) is 5.92 Å². The van der Waals surface area contributed by atoms with Gasteiger partial charge in [0, 0.05) is 26.7 Å². The van der Waals surface area contributed by atoms with Crippen molar-refractivity contribution in [1.82, 2.24) is 10.6 Å². The van der Waals surface area contributed by atoms with E-state index < -0.39 is 0 Å². The summed E-state index contributed by atoms with van der Waals surface area (Å²) in [4.78, 5) is 22.8. The maximum Gasteiger partial charge on any atom is 0.225 e. The average molecular weight is 244 g/mol. The van der Waals surface area contributed by atoms with Crippen LogP contribution in [0.4, 0.5) is 0 Å². The molecule has 1 saturated heterocycles. The van der Waals surface area contributed by atoms with Crippen LogP contribution in [0.3, 0.4) is 0 Å². The summed E-state index contributed by atoms with van der Waals surface area (Å²) >= 11 is 0. The molecule has 0 spiro atoms. The summed E-state index contributed by atoms with van der Waals surface area (Å²) in [6.45, 7) is 0.782. The highest BCUT2D eigenvalue weighted by Gasteiger charge is 2.25. The lowest BCUT2D eigenvalue weighted by atomic mass is 9.98. The molecule has 2 atom stereocenters. The van der Waals surface area contributed by atoms with Gasteiger partial charge in [0.25, 0.3) is 0 Å². The predicted octanol–water partition coefficient (Wildman–Crippen LogP) is -0.974. The van der Waals surface area contributed by atoms with Crippen LogP contribution in [0.5, 0.6) is 0 Å². The molecule has 1 aliphatic heterocycles. The molecule has 0 aromatic rings. The van der Waals surface area contributed by atoms with E-state index in [-0.39, 0.29) is 30.4 Å². The second-order valence-corrected chi connectivity index (χ2v) is 4.21. The van der Waals surface area contributed by atoms with Gasteiger partial charge in [-0.05, 0) is 12.8 Å². The standard InChI is InChI=1S/C11H20N2O4/c1-17-7-9(4-5-14)13-11(16)8-2-3-10(15)12-6-8/h8-9,14H,2-7H2,1H3,(H,12,15)(H,13,16). The van der Waals surface area contributed by atoms with Gasteiger partial charge in [0.15, 0.2) is 0 Å². The lowest BCUT2D eigenvalue weighted by Gasteiger charge is -2.24. The fraction of sp³-hybridized carbons (Fsp3) is 0.818. The highest BCUT2D eigenvalue weighted by atomic mass is 16.5. The Morgan fingerprint density at radius 1 is 1.71 bits per heavy atom. The monoisotopic (exact) mass is 244 g/mol. The van der Waals surface area contributed by atoms with Crippen LogP contribution in [-0.4, -0.2) is 49.8 Å². The Balaban J connectivity index is 2.37. The number of hydrogen-bond donors (Lipinski definition) is 3. The lowest BCUT2D eigenvalue weighted by molar-refractivity contribution is -0.129. The number of methoxy groups -OCH3 is 1.